The van der Waals surface area contributed by atoms with E-state index in [2.05, 4.69) is 0 Å². The normalized spacial score (nSPS) is 13.1. The summed E-state index contributed by atoms with van der Waals surface area (Å²) in [6.45, 7) is 24.4. The van der Waals surface area contributed by atoms with Gasteiger partial charge < -0.3 is 20.8 Å². The summed E-state index contributed by atoms with van der Waals surface area (Å²) in [4.78, 5) is 11.2. The number of hydrogen-bond acceptors (Lipinski definition) is 3. The Morgan fingerprint density at radius 1 is 0.568 bits per heavy atom. The van der Waals surface area contributed by atoms with Crippen LogP contribution in [0.1, 0.15) is 122 Å². The molecule has 2 aromatic rings. The maximum atomic E-state index is 13.6. The molecule has 0 amide bonds. The van der Waals surface area contributed by atoms with E-state index in [1.165, 1.54) is 0 Å². The fourth-order valence-electron chi connectivity index (χ4n) is 4.48. The molecule has 0 aromatic heterocycles. The number of hydrogen-bond donors (Lipinski definition) is 3. The van der Waals surface area contributed by atoms with Crippen LogP contribution in [0.2, 0.25) is 0 Å². The summed E-state index contributed by atoms with van der Waals surface area (Å²) in [6.07, 6.45) is 0.0477. The molecule has 7 heteroatoms. The predicted molar refractivity (Wildman–Crippen MR) is 164 cm³/mol. The van der Waals surface area contributed by atoms with Gasteiger partial charge >= 0.3 is 75.5 Å². The predicted octanol–water partition coefficient (Wildman–Crippen LogP) is 7.95. The minimum atomic E-state index is -3.62. The second-order valence-electron chi connectivity index (χ2n) is 14.2. The second kappa shape index (κ2) is 12.7. The van der Waals surface area contributed by atoms with Gasteiger partial charge in [0.1, 0.15) is 11.5 Å². The van der Waals surface area contributed by atoms with Crippen molar-refractivity contribution in [1.82, 2.24) is 0 Å². The summed E-state index contributed by atoms with van der Waals surface area (Å²) >= 11 is 0. The quantitative estimate of drug-likeness (QED) is 0.251. The Balaban J connectivity index is -0.000000720. The molecule has 0 spiro atoms. The van der Waals surface area contributed by atoms with Gasteiger partial charge in [-0.3, -0.25) is 4.57 Å². The maximum Gasteiger partial charge on any atom is 2.00 e. The van der Waals surface area contributed by atoms with Crippen molar-refractivity contribution in [3.8, 4) is 11.5 Å². The Kier molecular flexibility index (Phi) is 13.0. The smallest absolute Gasteiger partial charge is 1.00 e. The summed E-state index contributed by atoms with van der Waals surface area (Å²) in [7, 11) is -3.62. The SMILES string of the molecule is CC(C)(C)c1cc(CP(=O)(O)Cc2cc(C(C)(C)C)c(O)c(C(C)(C)C)c2)cc(C(C)(C)C)c1O.[Ca+2].[Ca+2].[H-].[H-].[H-].[H-]. The van der Waals surface area contributed by atoms with Gasteiger partial charge in [-0.15, -0.1) is 0 Å². The Hall–Kier alpha value is 0.749. The molecule has 0 aliphatic heterocycles. The zero-order valence-corrected chi connectivity index (χ0v) is 30.6. The molecule has 0 saturated heterocycles. The number of benzene rings is 2. The first-order valence-electron chi connectivity index (χ1n) is 12.5. The van der Waals surface area contributed by atoms with Gasteiger partial charge in [-0.25, -0.2) is 0 Å². The molecule has 0 aliphatic rings. The van der Waals surface area contributed by atoms with Gasteiger partial charge in [0.2, 0.25) is 7.37 Å². The zero-order valence-electron chi connectivity index (χ0n) is 29.3. The molecule has 0 bridgehead atoms. The van der Waals surface area contributed by atoms with E-state index in [0.29, 0.717) is 0 Å². The minimum Gasteiger partial charge on any atom is -1.00 e. The monoisotopic (exact) mass is 586 g/mol. The van der Waals surface area contributed by atoms with Crippen molar-refractivity contribution in [3.63, 3.8) is 0 Å². The molecule has 0 fully saturated rings. The van der Waals surface area contributed by atoms with Gasteiger partial charge in [-0.2, -0.15) is 0 Å². The third kappa shape index (κ3) is 9.96. The molecule has 0 saturated carbocycles. The van der Waals surface area contributed by atoms with Gasteiger partial charge in [-0.1, -0.05) is 107 Å². The summed E-state index contributed by atoms with van der Waals surface area (Å²) in [5, 5.41) is 22.0. The molecule has 4 nitrogen and oxygen atoms in total. The molecule has 204 valence electrons. The van der Waals surface area contributed by atoms with E-state index in [1.54, 1.807) is 0 Å². The van der Waals surface area contributed by atoms with Crippen LogP contribution in [0.4, 0.5) is 0 Å². The molecule has 3 N–H and O–H groups in total. The molecule has 0 unspecified atom stereocenters. The Labute approximate surface area is 291 Å². The third-order valence-electron chi connectivity index (χ3n) is 6.43. The van der Waals surface area contributed by atoms with Gasteiger partial charge in [0.25, 0.3) is 0 Å². The molecule has 2 aromatic carbocycles. The van der Waals surface area contributed by atoms with Crippen LogP contribution in [-0.4, -0.2) is 90.6 Å². The standard InChI is InChI=1S/C30H47O4P.2Ca.4H/c1-27(2,3)21-13-19(14-22(25(21)31)28(4,5)6)17-35(33,34)18-20-15-23(29(7,8)9)26(32)24(16-20)30(10,11)12;;;;;;/h13-16,31-32H,17-18H2,1-12H3,(H,33,34);;;;;;/q;2*+2;4*-1. The van der Waals surface area contributed by atoms with Crippen LogP contribution < -0.4 is 0 Å². The number of rotatable bonds is 4. The van der Waals surface area contributed by atoms with Gasteiger partial charge in [0.05, 0.1) is 0 Å². The molecule has 0 heterocycles. The van der Waals surface area contributed by atoms with Crippen molar-refractivity contribution in [3.05, 3.63) is 57.6 Å². The molecule has 37 heavy (non-hydrogen) atoms. The molecule has 0 aliphatic carbocycles. The van der Waals surface area contributed by atoms with Crippen molar-refractivity contribution in [2.24, 2.45) is 0 Å². The maximum absolute atomic E-state index is 13.6. The third-order valence-corrected chi connectivity index (χ3v) is 8.15. The van der Waals surface area contributed by atoms with Crippen LogP contribution in [0.5, 0.6) is 11.5 Å². The van der Waals surface area contributed by atoms with Gasteiger partial charge in [-0.05, 0) is 55.0 Å². The molecule has 2 rings (SSSR count). The van der Waals surface area contributed by atoms with Crippen LogP contribution in [0.3, 0.4) is 0 Å². The van der Waals surface area contributed by atoms with Crippen molar-refractivity contribution in [1.29, 1.82) is 0 Å². The number of phenolic OH excluding ortho intramolecular Hbond substituents is 2. The van der Waals surface area contributed by atoms with E-state index < -0.39 is 7.37 Å². The summed E-state index contributed by atoms with van der Waals surface area (Å²) in [6, 6.07) is 7.52. The summed E-state index contributed by atoms with van der Waals surface area (Å²) in [5.74, 6) is 0.536. The van der Waals surface area contributed by atoms with Crippen LogP contribution in [-0.2, 0) is 38.5 Å². The minimum absolute atomic E-state index is 0. The number of aromatic hydroxyl groups is 2. The van der Waals surface area contributed by atoms with Crippen molar-refractivity contribution >= 4 is 82.8 Å². The van der Waals surface area contributed by atoms with E-state index in [-0.39, 0.29) is 127 Å². The van der Waals surface area contributed by atoms with E-state index in [0.717, 1.165) is 33.4 Å². The number of phenols is 2. The largest absolute Gasteiger partial charge is 2.00 e. The topological polar surface area (TPSA) is 77.8 Å². The second-order valence-corrected chi connectivity index (χ2v) is 16.6. The Morgan fingerprint density at radius 2 is 0.757 bits per heavy atom. The van der Waals surface area contributed by atoms with E-state index in [9.17, 15) is 19.7 Å². The molecule has 0 radical (unpaired) electrons. The van der Waals surface area contributed by atoms with E-state index in [4.69, 9.17) is 0 Å². The fraction of sp³-hybridized carbons (Fsp3) is 0.600. The average molecular weight is 587 g/mol. The molecular formula is C30H51Ca2O4P. The van der Waals surface area contributed by atoms with Crippen molar-refractivity contribution < 1.29 is 25.4 Å². The van der Waals surface area contributed by atoms with Gasteiger partial charge in [0.15, 0.2) is 0 Å². The van der Waals surface area contributed by atoms with E-state index >= 15 is 0 Å². The van der Waals surface area contributed by atoms with E-state index in [1.807, 2.05) is 107 Å². The van der Waals surface area contributed by atoms with Crippen LogP contribution in [0.15, 0.2) is 24.3 Å². The Morgan fingerprint density at radius 3 is 0.919 bits per heavy atom. The first kappa shape index (κ1) is 37.7. The van der Waals surface area contributed by atoms with Crippen LogP contribution in [0.25, 0.3) is 0 Å². The molecule has 0 atom stereocenters. The van der Waals surface area contributed by atoms with Crippen LogP contribution in [0, 0.1) is 0 Å². The first-order valence-corrected chi connectivity index (χ1v) is 14.5. The summed E-state index contributed by atoms with van der Waals surface area (Å²) < 4.78 is 13.6. The molecular weight excluding hydrogens is 535 g/mol. The first-order chi connectivity index (χ1) is 15.4. The zero-order chi connectivity index (χ0) is 27.4. The fourth-order valence-corrected chi connectivity index (χ4v) is 6.10. The van der Waals surface area contributed by atoms with Crippen molar-refractivity contribution in [2.75, 3.05) is 0 Å². The van der Waals surface area contributed by atoms with Crippen molar-refractivity contribution in [2.45, 2.75) is 117 Å². The average Bonchev–Trinajstić information content (AvgIpc) is 2.60. The van der Waals surface area contributed by atoms with Gasteiger partial charge in [0, 0.05) is 12.3 Å². The Bertz CT molecular complexity index is 1010. The van der Waals surface area contributed by atoms with Crippen LogP contribution >= 0.6 is 7.37 Å². The summed E-state index contributed by atoms with van der Waals surface area (Å²) in [5.41, 5.74) is 3.44.